The topological polar surface area (TPSA) is 72.8 Å². The Bertz CT molecular complexity index is 622. The van der Waals surface area contributed by atoms with E-state index in [0.29, 0.717) is 12.8 Å². The molecule has 5 heteroatoms. The van der Waals surface area contributed by atoms with E-state index >= 15 is 0 Å². The average molecular weight is 652 g/mol. The van der Waals surface area contributed by atoms with Gasteiger partial charge in [-0.15, -0.1) is 0 Å². The van der Waals surface area contributed by atoms with Gasteiger partial charge in [-0.1, -0.05) is 206 Å². The van der Waals surface area contributed by atoms with E-state index in [0.717, 1.165) is 38.5 Å². The van der Waals surface area contributed by atoms with Crippen LogP contribution >= 0.6 is 0 Å². The van der Waals surface area contributed by atoms with E-state index in [-0.39, 0.29) is 25.2 Å². The summed E-state index contributed by atoms with van der Waals surface area (Å²) in [4.78, 5) is 24.2. The van der Waals surface area contributed by atoms with Gasteiger partial charge in [-0.05, 0) is 12.8 Å². The van der Waals surface area contributed by atoms with Gasteiger partial charge >= 0.3 is 11.9 Å². The van der Waals surface area contributed by atoms with Gasteiger partial charge in [0.15, 0.2) is 6.10 Å². The van der Waals surface area contributed by atoms with Crippen LogP contribution in [0, 0.1) is 6.92 Å². The number of carbonyl (C=O) groups is 2. The van der Waals surface area contributed by atoms with E-state index in [4.69, 9.17) is 9.47 Å². The number of carbonyl (C=O) groups excluding carboxylic acids is 2. The molecule has 273 valence electrons. The second-order valence-electron chi connectivity index (χ2n) is 13.9. The number of ether oxygens (including phenoxy) is 2. The number of rotatable bonds is 38. The second kappa shape index (κ2) is 38.3. The smallest absolute Gasteiger partial charge is 0.306 e. The van der Waals surface area contributed by atoms with Crippen molar-refractivity contribution in [2.75, 3.05) is 13.2 Å². The first-order valence-electron chi connectivity index (χ1n) is 20.4. The maximum Gasteiger partial charge on any atom is 0.306 e. The number of hydrogen-bond acceptors (Lipinski definition) is 5. The molecule has 0 saturated heterocycles. The molecule has 0 fully saturated rings. The van der Waals surface area contributed by atoms with Gasteiger partial charge in [0.25, 0.3) is 0 Å². The molecule has 0 aromatic carbocycles. The number of aliphatic hydroxyl groups is 1. The maximum atomic E-state index is 12.1. The molecule has 1 atom stereocenters. The van der Waals surface area contributed by atoms with E-state index in [1.807, 2.05) is 0 Å². The fraction of sp³-hybridized carbons (Fsp3) is 0.927. The summed E-state index contributed by atoms with van der Waals surface area (Å²) in [6, 6.07) is 0. The van der Waals surface area contributed by atoms with E-state index in [1.54, 1.807) is 0 Å². The van der Waals surface area contributed by atoms with Gasteiger partial charge in [-0.3, -0.25) is 9.59 Å². The minimum atomic E-state index is -0.762. The van der Waals surface area contributed by atoms with Crippen molar-refractivity contribution in [2.45, 2.75) is 231 Å². The first kappa shape index (κ1) is 44.9. The Labute approximate surface area is 287 Å². The molecule has 0 aromatic heterocycles. The highest BCUT2D eigenvalue weighted by molar-refractivity contribution is 5.70. The van der Waals surface area contributed by atoms with Crippen molar-refractivity contribution in [3.8, 4) is 0 Å². The van der Waals surface area contributed by atoms with Gasteiger partial charge in [0, 0.05) is 12.8 Å². The summed E-state index contributed by atoms with van der Waals surface area (Å²) in [5, 5.41) is 9.55. The molecule has 1 unspecified atom stereocenters. The van der Waals surface area contributed by atoms with Crippen LogP contribution in [-0.4, -0.2) is 36.4 Å². The van der Waals surface area contributed by atoms with Crippen LogP contribution < -0.4 is 0 Å². The monoisotopic (exact) mass is 652 g/mol. The minimum Gasteiger partial charge on any atom is -0.462 e. The van der Waals surface area contributed by atoms with Crippen LogP contribution in [0.2, 0.25) is 0 Å². The van der Waals surface area contributed by atoms with Gasteiger partial charge in [0.05, 0.1) is 6.61 Å². The molecule has 0 aromatic rings. The standard InChI is InChI=1S/C41H79O5/c1-3-5-7-9-11-13-15-17-18-19-20-21-22-24-25-27-29-31-33-35-40(43)45-38-39(37-42)46-41(44)36-34-32-30-28-26-23-16-14-12-10-8-6-4-2/h39,42H,1,3-38H2,2H3. The zero-order valence-electron chi connectivity index (χ0n) is 30.8. The lowest BCUT2D eigenvalue weighted by Crippen LogP contribution is -2.28. The summed E-state index contributed by atoms with van der Waals surface area (Å²) in [6.07, 6.45) is 41.1. The van der Waals surface area contributed by atoms with Crippen molar-refractivity contribution in [1.82, 2.24) is 0 Å². The first-order chi connectivity index (χ1) is 22.6. The molecule has 0 spiro atoms. The Morgan fingerprint density at radius 1 is 0.478 bits per heavy atom. The normalized spacial score (nSPS) is 12.0. The highest BCUT2D eigenvalue weighted by Gasteiger charge is 2.16. The molecule has 0 heterocycles. The van der Waals surface area contributed by atoms with Crippen molar-refractivity contribution in [3.05, 3.63) is 6.92 Å². The molecule has 0 aliphatic rings. The molecule has 46 heavy (non-hydrogen) atoms. The van der Waals surface area contributed by atoms with Gasteiger partial charge in [-0.2, -0.15) is 0 Å². The van der Waals surface area contributed by atoms with E-state index < -0.39 is 6.10 Å². The first-order valence-corrected chi connectivity index (χ1v) is 20.4. The third-order valence-electron chi connectivity index (χ3n) is 9.30. The van der Waals surface area contributed by atoms with Crippen molar-refractivity contribution in [3.63, 3.8) is 0 Å². The van der Waals surface area contributed by atoms with Crippen LogP contribution in [0.15, 0.2) is 0 Å². The quantitative estimate of drug-likeness (QED) is 0.0531. The van der Waals surface area contributed by atoms with Crippen molar-refractivity contribution >= 4 is 11.9 Å². The molecule has 0 aliphatic heterocycles. The van der Waals surface area contributed by atoms with Gasteiger partial charge in [-0.25, -0.2) is 0 Å². The molecule has 0 amide bonds. The lowest BCUT2D eigenvalue weighted by atomic mass is 10.0. The third kappa shape index (κ3) is 35.7. The van der Waals surface area contributed by atoms with Crippen LogP contribution in [0.3, 0.4) is 0 Å². The molecular formula is C41H79O5. The van der Waals surface area contributed by atoms with Gasteiger partial charge < -0.3 is 14.6 Å². The fourth-order valence-electron chi connectivity index (χ4n) is 6.19. The number of unbranched alkanes of at least 4 members (excludes halogenated alkanes) is 30. The highest BCUT2D eigenvalue weighted by atomic mass is 16.6. The van der Waals surface area contributed by atoms with Crippen LogP contribution in [0.5, 0.6) is 0 Å². The predicted octanol–water partition coefficient (Wildman–Crippen LogP) is 12.6. The Kier molecular flexibility index (Phi) is 37.4. The van der Waals surface area contributed by atoms with Crippen LogP contribution in [0.25, 0.3) is 0 Å². The molecule has 0 saturated carbocycles. The molecule has 1 radical (unpaired) electrons. The predicted molar refractivity (Wildman–Crippen MR) is 196 cm³/mol. The molecule has 5 nitrogen and oxygen atoms in total. The second-order valence-corrected chi connectivity index (χ2v) is 13.9. The Balaban J connectivity index is 3.46. The summed E-state index contributed by atoms with van der Waals surface area (Å²) in [6.45, 7) is 5.79. The summed E-state index contributed by atoms with van der Waals surface area (Å²) < 4.78 is 10.6. The molecule has 0 rings (SSSR count). The van der Waals surface area contributed by atoms with Crippen LogP contribution in [-0.2, 0) is 19.1 Å². The van der Waals surface area contributed by atoms with E-state index in [9.17, 15) is 14.7 Å². The highest BCUT2D eigenvalue weighted by Crippen LogP contribution is 2.16. The Morgan fingerprint density at radius 3 is 1.11 bits per heavy atom. The summed E-state index contributed by atoms with van der Waals surface area (Å²) in [7, 11) is 0. The van der Waals surface area contributed by atoms with Crippen molar-refractivity contribution < 1.29 is 24.2 Å². The Hall–Kier alpha value is -1.10. The zero-order valence-corrected chi connectivity index (χ0v) is 30.8. The zero-order chi connectivity index (χ0) is 33.6. The SMILES string of the molecule is [CH2]CCCCCCCCCCCCCCCCCCCCC(=O)OCC(CO)OC(=O)CCCCCCCCCCCCCCC. The molecule has 1 N–H and O–H groups in total. The minimum absolute atomic E-state index is 0.0585. The van der Waals surface area contributed by atoms with Gasteiger partial charge in [0.1, 0.15) is 6.61 Å². The molecule has 0 aliphatic carbocycles. The lowest BCUT2D eigenvalue weighted by Gasteiger charge is -2.15. The number of aliphatic hydroxyl groups excluding tert-OH is 1. The fourth-order valence-corrected chi connectivity index (χ4v) is 6.19. The molecule has 0 bridgehead atoms. The van der Waals surface area contributed by atoms with Crippen LogP contribution in [0.4, 0.5) is 0 Å². The molecular weight excluding hydrogens is 572 g/mol. The summed E-state index contributed by atoms with van der Waals surface area (Å²) >= 11 is 0. The van der Waals surface area contributed by atoms with Crippen molar-refractivity contribution in [1.29, 1.82) is 0 Å². The Morgan fingerprint density at radius 2 is 0.783 bits per heavy atom. The van der Waals surface area contributed by atoms with Crippen molar-refractivity contribution in [2.24, 2.45) is 0 Å². The average Bonchev–Trinajstić information content (AvgIpc) is 3.06. The van der Waals surface area contributed by atoms with Gasteiger partial charge in [0.2, 0.25) is 0 Å². The van der Waals surface area contributed by atoms with Crippen LogP contribution in [0.1, 0.15) is 225 Å². The summed E-state index contributed by atoms with van der Waals surface area (Å²) in [5.74, 6) is -0.578. The number of hydrogen-bond donors (Lipinski definition) is 1. The number of esters is 2. The third-order valence-corrected chi connectivity index (χ3v) is 9.30. The van der Waals surface area contributed by atoms with E-state index in [2.05, 4.69) is 13.8 Å². The maximum absolute atomic E-state index is 12.1. The van der Waals surface area contributed by atoms with E-state index in [1.165, 1.54) is 167 Å². The largest absolute Gasteiger partial charge is 0.462 e. The lowest BCUT2D eigenvalue weighted by molar-refractivity contribution is -0.161. The summed E-state index contributed by atoms with van der Waals surface area (Å²) in [5.41, 5.74) is 0.